The molecule has 0 aromatic carbocycles. The monoisotopic (exact) mass is 760 g/mol. The SMILES string of the molecule is CC/C=C/C/C=C/C/C=C/CCCCCCC(CC(=O)NC(CO)C(O)CCCCCCCCCCC)OC(=O)CCCCCCCCCCCCCC. The number of hydrogen-bond acceptors (Lipinski definition) is 5. The lowest BCUT2D eigenvalue weighted by atomic mass is 10.0. The zero-order chi connectivity index (χ0) is 39.6. The normalized spacial score (nSPS) is 13.6. The maximum Gasteiger partial charge on any atom is 0.306 e. The van der Waals surface area contributed by atoms with Gasteiger partial charge in [0.05, 0.1) is 25.2 Å². The molecule has 3 N–H and O–H groups in total. The van der Waals surface area contributed by atoms with E-state index in [1.54, 1.807) is 0 Å². The minimum absolute atomic E-state index is 0.0654. The molecule has 0 saturated carbocycles. The second-order valence-corrected chi connectivity index (χ2v) is 15.8. The Morgan fingerprint density at radius 3 is 1.52 bits per heavy atom. The van der Waals surface area contributed by atoms with E-state index in [2.05, 4.69) is 62.5 Å². The zero-order valence-corrected chi connectivity index (χ0v) is 35.9. The summed E-state index contributed by atoms with van der Waals surface area (Å²) in [5, 5.41) is 23.6. The Hall–Kier alpha value is -1.92. The van der Waals surface area contributed by atoms with E-state index in [-0.39, 0.29) is 24.9 Å². The fourth-order valence-electron chi connectivity index (χ4n) is 6.97. The standard InChI is InChI=1S/C48H89NO5/c1-4-7-10-13-16-19-21-23-24-25-28-30-33-36-39-44(54-48(53)41-38-35-32-29-26-22-20-17-14-11-8-5-2)42-47(52)49-45(43-50)46(51)40-37-34-31-27-18-15-12-9-6-3/h7,10,16,19,23-24,44-46,50-51H,4-6,8-9,11-15,17-18,20-22,25-43H2,1-3H3,(H,49,52)/b10-7+,19-16+,24-23+. The number of unbranched alkanes of at least 4 members (excludes halogenated alkanes) is 23. The van der Waals surface area contributed by atoms with Crippen LogP contribution in [0, 0.1) is 0 Å². The number of carbonyl (C=O) groups excluding carboxylic acids is 2. The number of amides is 1. The molecule has 3 atom stereocenters. The molecule has 1 amide bonds. The third kappa shape index (κ3) is 37.0. The molecule has 0 fully saturated rings. The van der Waals surface area contributed by atoms with E-state index < -0.39 is 18.2 Å². The van der Waals surface area contributed by atoms with Crippen LogP contribution in [-0.4, -0.2) is 46.9 Å². The van der Waals surface area contributed by atoms with Gasteiger partial charge < -0.3 is 20.3 Å². The number of aliphatic hydroxyl groups is 2. The van der Waals surface area contributed by atoms with E-state index in [0.717, 1.165) is 89.9 Å². The van der Waals surface area contributed by atoms with Gasteiger partial charge in [-0.15, -0.1) is 0 Å². The molecule has 0 saturated heterocycles. The predicted molar refractivity (Wildman–Crippen MR) is 232 cm³/mol. The van der Waals surface area contributed by atoms with E-state index in [4.69, 9.17) is 4.74 Å². The molecule has 6 heteroatoms. The van der Waals surface area contributed by atoms with Gasteiger partial charge in [0, 0.05) is 6.42 Å². The summed E-state index contributed by atoms with van der Waals surface area (Å²) in [6.45, 7) is 6.34. The van der Waals surface area contributed by atoms with Crippen LogP contribution in [0.15, 0.2) is 36.5 Å². The Morgan fingerprint density at radius 1 is 0.556 bits per heavy atom. The van der Waals surface area contributed by atoms with Gasteiger partial charge in [-0.05, 0) is 57.8 Å². The summed E-state index contributed by atoms with van der Waals surface area (Å²) in [6, 6.07) is -0.703. The van der Waals surface area contributed by atoms with Crippen molar-refractivity contribution in [1.29, 1.82) is 0 Å². The summed E-state index contributed by atoms with van der Waals surface area (Å²) < 4.78 is 5.90. The highest BCUT2D eigenvalue weighted by atomic mass is 16.5. The van der Waals surface area contributed by atoms with Gasteiger partial charge in [0.1, 0.15) is 6.10 Å². The van der Waals surface area contributed by atoms with E-state index in [1.807, 2.05) is 0 Å². The summed E-state index contributed by atoms with van der Waals surface area (Å²) >= 11 is 0. The number of hydrogen-bond donors (Lipinski definition) is 3. The van der Waals surface area contributed by atoms with Crippen LogP contribution in [0.2, 0.25) is 0 Å². The molecular formula is C48H89NO5. The molecule has 0 spiro atoms. The highest BCUT2D eigenvalue weighted by molar-refractivity contribution is 5.77. The van der Waals surface area contributed by atoms with Gasteiger partial charge in [-0.25, -0.2) is 0 Å². The number of ether oxygens (including phenoxy) is 1. The fourth-order valence-corrected chi connectivity index (χ4v) is 6.97. The molecule has 0 aromatic heterocycles. The van der Waals surface area contributed by atoms with Crippen molar-refractivity contribution < 1.29 is 24.5 Å². The number of carbonyl (C=O) groups is 2. The van der Waals surface area contributed by atoms with Crippen molar-refractivity contribution in [3.05, 3.63) is 36.5 Å². The van der Waals surface area contributed by atoms with Gasteiger partial charge in [-0.1, -0.05) is 198 Å². The fraction of sp³-hybridized carbons (Fsp3) is 0.833. The van der Waals surface area contributed by atoms with Gasteiger partial charge >= 0.3 is 5.97 Å². The van der Waals surface area contributed by atoms with Gasteiger partial charge in [0.25, 0.3) is 0 Å². The number of rotatable bonds is 41. The summed E-state index contributed by atoms with van der Waals surface area (Å²) in [7, 11) is 0. The third-order valence-electron chi connectivity index (χ3n) is 10.5. The van der Waals surface area contributed by atoms with E-state index in [1.165, 1.54) is 96.3 Å². The number of allylic oxidation sites excluding steroid dienone is 6. The van der Waals surface area contributed by atoms with Crippen LogP contribution < -0.4 is 5.32 Å². The Balaban J connectivity index is 4.63. The van der Waals surface area contributed by atoms with Crippen molar-refractivity contribution in [2.45, 2.75) is 251 Å². The molecule has 0 radical (unpaired) electrons. The van der Waals surface area contributed by atoms with Gasteiger partial charge in [-0.2, -0.15) is 0 Å². The first kappa shape index (κ1) is 52.1. The highest BCUT2D eigenvalue weighted by Gasteiger charge is 2.24. The van der Waals surface area contributed by atoms with Gasteiger partial charge in [-0.3, -0.25) is 9.59 Å². The second kappa shape index (κ2) is 42.2. The lowest BCUT2D eigenvalue weighted by molar-refractivity contribution is -0.151. The quantitative estimate of drug-likeness (QED) is 0.0328. The molecule has 3 unspecified atom stereocenters. The van der Waals surface area contributed by atoms with Crippen LogP contribution in [0.5, 0.6) is 0 Å². The van der Waals surface area contributed by atoms with Crippen molar-refractivity contribution in [3.8, 4) is 0 Å². The molecule has 6 nitrogen and oxygen atoms in total. The zero-order valence-electron chi connectivity index (χ0n) is 35.9. The first-order chi connectivity index (χ1) is 26.5. The van der Waals surface area contributed by atoms with Crippen molar-refractivity contribution >= 4 is 11.9 Å². The predicted octanol–water partition coefficient (Wildman–Crippen LogP) is 13.3. The number of nitrogens with one attached hydrogen (secondary N) is 1. The average molecular weight is 760 g/mol. The van der Waals surface area contributed by atoms with Crippen LogP contribution in [0.1, 0.15) is 233 Å². The van der Waals surface area contributed by atoms with Gasteiger partial charge in [0.15, 0.2) is 0 Å². The van der Waals surface area contributed by atoms with Crippen LogP contribution in [0.4, 0.5) is 0 Å². The molecule has 316 valence electrons. The van der Waals surface area contributed by atoms with E-state index in [0.29, 0.717) is 19.3 Å². The highest BCUT2D eigenvalue weighted by Crippen LogP contribution is 2.17. The Bertz CT molecular complexity index is 900. The van der Waals surface area contributed by atoms with Crippen molar-refractivity contribution in [2.75, 3.05) is 6.61 Å². The minimum Gasteiger partial charge on any atom is -0.462 e. The number of esters is 1. The van der Waals surface area contributed by atoms with Crippen molar-refractivity contribution in [1.82, 2.24) is 5.32 Å². The molecule has 0 aliphatic heterocycles. The molecule has 0 rings (SSSR count). The average Bonchev–Trinajstić information content (AvgIpc) is 3.16. The Kier molecular flexibility index (Phi) is 40.7. The molecule has 54 heavy (non-hydrogen) atoms. The summed E-state index contributed by atoms with van der Waals surface area (Å²) in [5.41, 5.74) is 0. The summed E-state index contributed by atoms with van der Waals surface area (Å²) in [4.78, 5) is 26.0. The Morgan fingerprint density at radius 2 is 1.00 bits per heavy atom. The third-order valence-corrected chi connectivity index (χ3v) is 10.5. The first-order valence-electron chi connectivity index (χ1n) is 23.2. The van der Waals surface area contributed by atoms with E-state index >= 15 is 0 Å². The lowest BCUT2D eigenvalue weighted by Gasteiger charge is -2.24. The van der Waals surface area contributed by atoms with Crippen LogP contribution >= 0.6 is 0 Å². The molecule has 0 heterocycles. The maximum atomic E-state index is 13.1. The van der Waals surface area contributed by atoms with Crippen molar-refractivity contribution in [3.63, 3.8) is 0 Å². The van der Waals surface area contributed by atoms with Crippen LogP contribution in [-0.2, 0) is 14.3 Å². The second-order valence-electron chi connectivity index (χ2n) is 15.8. The Labute approximate surface area is 334 Å². The van der Waals surface area contributed by atoms with Gasteiger partial charge in [0.2, 0.25) is 5.91 Å². The molecule has 0 bridgehead atoms. The van der Waals surface area contributed by atoms with Crippen LogP contribution in [0.3, 0.4) is 0 Å². The topological polar surface area (TPSA) is 95.9 Å². The largest absolute Gasteiger partial charge is 0.462 e. The van der Waals surface area contributed by atoms with Crippen LogP contribution in [0.25, 0.3) is 0 Å². The molecule has 0 aromatic rings. The lowest BCUT2D eigenvalue weighted by Crippen LogP contribution is -2.46. The minimum atomic E-state index is -0.789. The van der Waals surface area contributed by atoms with E-state index in [9.17, 15) is 19.8 Å². The molecule has 0 aliphatic rings. The maximum absolute atomic E-state index is 13.1. The first-order valence-corrected chi connectivity index (χ1v) is 23.2. The summed E-state index contributed by atoms with van der Waals surface area (Å²) in [6.07, 6.45) is 47.7. The summed E-state index contributed by atoms with van der Waals surface area (Å²) in [5.74, 6) is -0.492. The molecule has 0 aliphatic carbocycles. The molecular weight excluding hydrogens is 671 g/mol. The number of aliphatic hydroxyl groups excluding tert-OH is 2. The smallest absolute Gasteiger partial charge is 0.306 e. The van der Waals surface area contributed by atoms with Crippen molar-refractivity contribution in [2.24, 2.45) is 0 Å².